The Morgan fingerprint density at radius 3 is 2.52 bits per heavy atom. The van der Waals surface area contributed by atoms with E-state index in [0.29, 0.717) is 16.9 Å². The molecule has 3 aromatic rings. The molecule has 3 heterocycles. The van der Waals surface area contributed by atoms with E-state index < -0.39 is 0 Å². The summed E-state index contributed by atoms with van der Waals surface area (Å²) in [4.78, 5) is 40.9. The monoisotopic (exact) mass is 421 g/mol. The van der Waals surface area contributed by atoms with Crippen molar-refractivity contribution < 1.29 is 9.59 Å². The van der Waals surface area contributed by atoms with Crippen LogP contribution in [0.1, 0.15) is 50.2 Å². The van der Waals surface area contributed by atoms with Crippen LogP contribution in [0.4, 0.5) is 0 Å². The first-order valence-electron chi connectivity index (χ1n) is 10.6. The third-order valence-corrected chi connectivity index (χ3v) is 5.71. The van der Waals surface area contributed by atoms with Crippen molar-refractivity contribution in [2.75, 3.05) is 0 Å². The van der Waals surface area contributed by atoms with Gasteiger partial charge in [0.15, 0.2) is 0 Å². The van der Waals surface area contributed by atoms with Crippen LogP contribution in [0.3, 0.4) is 0 Å². The van der Waals surface area contributed by atoms with E-state index in [-0.39, 0.29) is 48.2 Å². The summed E-state index contributed by atoms with van der Waals surface area (Å²) in [6, 6.07) is 11.2. The molecule has 0 fully saturated rings. The van der Waals surface area contributed by atoms with Gasteiger partial charge in [-0.2, -0.15) is 9.61 Å². The lowest BCUT2D eigenvalue weighted by Crippen LogP contribution is -2.36. The first-order chi connectivity index (χ1) is 14.8. The van der Waals surface area contributed by atoms with E-state index in [9.17, 15) is 14.4 Å². The Kier molecular flexibility index (Phi) is 5.39. The fraction of sp³-hybridized carbons (Fsp3) is 0.391. The summed E-state index contributed by atoms with van der Waals surface area (Å²) in [5.74, 6) is -0.441. The van der Waals surface area contributed by atoms with E-state index in [0.717, 1.165) is 12.0 Å². The molecular formula is C23H27N5O3. The molecule has 2 aromatic heterocycles. The molecule has 1 unspecified atom stereocenters. The van der Waals surface area contributed by atoms with Gasteiger partial charge in [-0.05, 0) is 27.2 Å². The van der Waals surface area contributed by atoms with Crippen molar-refractivity contribution in [3.05, 3.63) is 58.0 Å². The molecule has 8 heteroatoms. The van der Waals surface area contributed by atoms with E-state index in [1.54, 1.807) is 15.5 Å². The molecule has 4 rings (SSSR count). The second kappa shape index (κ2) is 8.02. The number of fused-ring (bicyclic) bond motifs is 2. The van der Waals surface area contributed by atoms with Gasteiger partial charge >= 0.3 is 0 Å². The van der Waals surface area contributed by atoms with Crippen molar-refractivity contribution in [2.24, 2.45) is 0 Å². The maximum Gasteiger partial charge on any atom is 0.280 e. The van der Waals surface area contributed by atoms with Gasteiger partial charge in [-0.25, -0.2) is 0 Å². The van der Waals surface area contributed by atoms with Crippen LogP contribution in [0, 0.1) is 0 Å². The lowest BCUT2D eigenvalue weighted by Gasteiger charge is -2.22. The van der Waals surface area contributed by atoms with Gasteiger partial charge in [0.1, 0.15) is 17.9 Å². The normalized spacial score (nSPS) is 14.4. The van der Waals surface area contributed by atoms with E-state index in [2.05, 4.69) is 10.4 Å². The standard InChI is InChI=1S/C23H27N5O3/c1-5-15(4)26-12-17-21(23(26)31)27(13-19(29)24-14(2)3)20-11-18(25-28(20)22(17)30)16-9-7-6-8-10-16/h6-11,14-15H,5,12-13H2,1-4H3,(H,24,29). The second-order valence-corrected chi connectivity index (χ2v) is 8.30. The van der Waals surface area contributed by atoms with E-state index in [1.165, 1.54) is 4.52 Å². The Hall–Kier alpha value is -3.42. The van der Waals surface area contributed by atoms with Gasteiger partial charge in [0.2, 0.25) is 5.91 Å². The molecule has 1 atom stereocenters. The number of aromatic nitrogens is 3. The van der Waals surface area contributed by atoms with Crippen LogP contribution in [-0.4, -0.2) is 43.0 Å². The van der Waals surface area contributed by atoms with Gasteiger partial charge in [-0.3, -0.25) is 14.4 Å². The van der Waals surface area contributed by atoms with E-state index in [4.69, 9.17) is 0 Å². The second-order valence-electron chi connectivity index (χ2n) is 8.30. The van der Waals surface area contributed by atoms with Crippen LogP contribution in [0.2, 0.25) is 0 Å². The number of carbonyl (C=O) groups excluding carboxylic acids is 2. The first kappa shape index (κ1) is 20.8. The SMILES string of the molecule is CCC(C)N1Cc2c(n(CC(=O)NC(C)C)c3cc(-c4ccccc4)nn3c2=O)C1=O. The van der Waals surface area contributed by atoms with Crippen LogP contribution in [0.25, 0.3) is 16.9 Å². The zero-order valence-electron chi connectivity index (χ0n) is 18.3. The molecule has 0 spiro atoms. The highest BCUT2D eigenvalue weighted by Gasteiger charge is 2.37. The summed E-state index contributed by atoms with van der Waals surface area (Å²) in [5, 5.41) is 7.39. The number of benzene rings is 1. The molecule has 0 bridgehead atoms. The smallest absolute Gasteiger partial charge is 0.280 e. The zero-order chi connectivity index (χ0) is 22.3. The van der Waals surface area contributed by atoms with Crippen molar-refractivity contribution in [1.29, 1.82) is 0 Å². The van der Waals surface area contributed by atoms with Crippen LogP contribution in [0.5, 0.6) is 0 Å². The molecule has 1 aliphatic rings. The Labute approximate surface area is 180 Å². The fourth-order valence-corrected chi connectivity index (χ4v) is 3.98. The number of nitrogens with zero attached hydrogens (tertiary/aromatic N) is 4. The zero-order valence-corrected chi connectivity index (χ0v) is 18.3. The average Bonchev–Trinajstić information content (AvgIpc) is 3.33. The van der Waals surface area contributed by atoms with Crippen LogP contribution >= 0.6 is 0 Å². The maximum atomic E-state index is 13.3. The van der Waals surface area contributed by atoms with Gasteiger partial charge in [0.05, 0.1) is 17.8 Å². The summed E-state index contributed by atoms with van der Waals surface area (Å²) < 4.78 is 2.95. The number of nitrogens with one attached hydrogen (secondary N) is 1. The molecule has 0 saturated carbocycles. The minimum Gasteiger partial charge on any atom is -0.352 e. The lowest BCUT2D eigenvalue weighted by molar-refractivity contribution is -0.122. The topological polar surface area (TPSA) is 88.7 Å². The fourth-order valence-electron chi connectivity index (χ4n) is 3.98. The van der Waals surface area contributed by atoms with Gasteiger partial charge < -0.3 is 14.8 Å². The average molecular weight is 422 g/mol. The molecule has 0 radical (unpaired) electrons. The van der Waals surface area contributed by atoms with E-state index >= 15 is 0 Å². The van der Waals surface area contributed by atoms with Crippen molar-refractivity contribution in [3.63, 3.8) is 0 Å². The number of hydrogen-bond donors (Lipinski definition) is 1. The summed E-state index contributed by atoms with van der Waals surface area (Å²) in [7, 11) is 0. The third-order valence-electron chi connectivity index (χ3n) is 5.71. The highest BCUT2D eigenvalue weighted by molar-refractivity contribution is 5.98. The summed E-state index contributed by atoms with van der Waals surface area (Å²) in [6.07, 6.45) is 0.775. The van der Waals surface area contributed by atoms with E-state index in [1.807, 2.05) is 58.0 Å². The molecule has 1 aromatic carbocycles. The quantitative estimate of drug-likeness (QED) is 0.662. The molecule has 162 valence electrons. The van der Waals surface area contributed by atoms with Crippen molar-refractivity contribution in [3.8, 4) is 11.3 Å². The van der Waals surface area contributed by atoms with Crippen LogP contribution < -0.4 is 10.9 Å². The summed E-state index contributed by atoms with van der Waals surface area (Å²) in [5.41, 5.74) is 2.27. The van der Waals surface area contributed by atoms with Gasteiger partial charge in [0, 0.05) is 23.7 Å². The predicted molar refractivity (Wildman–Crippen MR) is 118 cm³/mol. The molecule has 1 aliphatic heterocycles. The van der Waals surface area contributed by atoms with Crippen LogP contribution in [-0.2, 0) is 17.9 Å². The highest BCUT2D eigenvalue weighted by Crippen LogP contribution is 2.27. The molecule has 1 N–H and O–H groups in total. The number of carbonyl (C=O) groups is 2. The Balaban J connectivity index is 1.92. The van der Waals surface area contributed by atoms with Crippen molar-refractivity contribution in [2.45, 2.75) is 59.3 Å². The molecule has 31 heavy (non-hydrogen) atoms. The van der Waals surface area contributed by atoms with Crippen LogP contribution in [0.15, 0.2) is 41.2 Å². The lowest BCUT2D eigenvalue weighted by atomic mass is 10.1. The molecule has 0 aliphatic carbocycles. The number of rotatable bonds is 6. The first-order valence-corrected chi connectivity index (χ1v) is 10.6. The largest absolute Gasteiger partial charge is 0.352 e. The number of amides is 2. The Bertz CT molecular complexity index is 1210. The summed E-state index contributed by atoms with van der Waals surface area (Å²) in [6.45, 7) is 7.89. The minimum atomic E-state index is -0.313. The molecule has 8 nitrogen and oxygen atoms in total. The van der Waals surface area contributed by atoms with Gasteiger partial charge in [-0.15, -0.1) is 0 Å². The van der Waals surface area contributed by atoms with Crippen molar-refractivity contribution in [1.82, 2.24) is 24.4 Å². The minimum absolute atomic E-state index is 0.00978. The third kappa shape index (κ3) is 3.62. The maximum absolute atomic E-state index is 13.3. The Morgan fingerprint density at radius 1 is 1.16 bits per heavy atom. The van der Waals surface area contributed by atoms with Gasteiger partial charge in [0.25, 0.3) is 11.5 Å². The number of hydrogen-bond acceptors (Lipinski definition) is 4. The molecular weight excluding hydrogens is 394 g/mol. The van der Waals surface area contributed by atoms with Gasteiger partial charge in [-0.1, -0.05) is 37.3 Å². The highest BCUT2D eigenvalue weighted by atomic mass is 16.2. The molecule has 2 amide bonds. The van der Waals surface area contributed by atoms with Crippen molar-refractivity contribution >= 4 is 17.5 Å². The Morgan fingerprint density at radius 2 is 1.87 bits per heavy atom. The predicted octanol–water partition coefficient (Wildman–Crippen LogP) is 2.44. The molecule has 0 saturated heterocycles. The summed E-state index contributed by atoms with van der Waals surface area (Å²) >= 11 is 0.